The lowest BCUT2D eigenvalue weighted by molar-refractivity contribution is -0.147. The molecule has 4 aliphatic carbocycles. The van der Waals surface area contributed by atoms with Gasteiger partial charge in [0.1, 0.15) is 17.4 Å². The lowest BCUT2D eigenvalue weighted by atomic mass is 9.46. The minimum Gasteiger partial charge on any atom is -0.444 e. The number of amides is 1. The molecular formula is C31H48N2O5. The number of hydrogen-bond donors (Lipinski definition) is 1. The molecule has 0 spiro atoms. The largest absolute Gasteiger partial charge is 0.444 e. The Kier molecular flexibility index (Phi) is 7.90. The predicted molar refractivity (Wildman–Crippen MR) is 147 cm³/mol. The number of carbonyl (C=O) groups is 3. The number of oxime groups is 1. The average Bonchev–Trinajstić information content (AvgIpc) is 3.17. The van der Waals surface area contributed by atoms with E-state index in [0.29, 0.717) is 23.5 Å². The molecule has 3 saturated carbocycles. The van der Waals surface area contributed by atoms with Crippen LogP contribution < -0.4 is 5.32 Å². The number of hydrogen-bond acceptors (Lipinski definition) is 6. The van der Waals surface area contributed by atoms with Crippen LogP contribution in [0.4, 0.5) is 4.79 Å². The van der Waals surface area contributed by atoms with Crippen LogP contribution >= 0.6 is 0 Å². The van der Waals surface area contributed by atoms with Crippen LogP contribution in [0.2, 0.25) is 0 Å². The third-order valence-corrected chi connectivity index (χ3v) is 10.3. The molecule has 0 radical (unpaired) electrons. The minimum atomic E-state index is -0.840. The Labute approximate surface area is 228 Å². The molecule has 38 heavy (non-hydrogen) atoms. The van der Waals surface area contributed by atoms with Crippen molar-refractivity contribution >= 4 is 23.6 Å². The second-order valence-electron chi connectivity index (χ2n) is 14.1. The number of nitrogens with one attached hydrogen (secondary N) is 1. The van der Waals surface area contributed by atoms with Gasteiger partial charge >= 0.3 is 12.1 Å². The molecule has 1 unspecified atom stereocenters. The van der Waals surface area contributed by atoms with E-state index in [4.69, 9.17) is 9.57 Å². The van der Waals surface area contributed by atoms with Crippen LogP contribution in [0.3, 0.4) is 0 Å². The Morgan fingerprint density at radius 3 is 2.37 bits per heavy atom. The zero-order valence-electron chi connectivity index (χ0n) is 24.7. The molecule has 0 aliphatic heterocycles. The molecule has 4 rings (SSSR count). The number of rotatable bonds is 5. The third kappa shape index (κ3) is 5.44. The molecule has 1 N–H and O–H groups in total. The number of Topliss-reactive ketones (excluding diaryl/α,β-unsaturated/α-hetero) is 1. The van der Waals surface area contributed by atoms with Crippen molar-refractivity contribution in [1.29, 1.82) is 0 Å². The third-order valence-electron chi connectivity index (χ3n) is 10.3. The van der Waals surface area contributed by atoms with Crippen molar-refractivity contribution in [3.8, 4) is 0 Å². The van der Waals surface area contributed by atoms with Crippen LogP contribution in [0.1, 0.15) is 107 Å². The van der Waals surface area contributed by atoms with Crippen LogP contribution in [0.15, 0.2) is 16.8 Å². The van der Waals surface area contributed by atoms with E-state index in [1.807, 2.05) is 13.8 Å². The summed E-state index contributed by atoms with van der Waals surface area (Å²) in [5.41, 5.74) is 1.87. The molecule has 0 aromatic carbocycles. The van der Waals surface area contributed by atoms with Gasteiger partial charge in [0.05, 0.1) is 5.71 Å². The van der Waals surface area contributed by atoms with Gasteiger partial charge in [-0.2, -0.15) is 0 Å². The van der Waals surface area contributed by atoms with E-state index in [-0.39, 0.29) is 22.7 Å². The number of allylic oxidation sites excluding steroid dienone is 2. The van der Waals surface area contributed by atoms with Crippen LogP contribution in [-0.2, 0) is 19.2 Å². The number of carbonyl (C=O) groups excluding carboxylic acids is 3. The molecule has 4 aliphatic rings. The fourth-order valence-electron chi connectivity index (χ4n) is 8.40. The highest BCUT2D eigenvalue weighted by Gasteiger charge is 2.59. The zero-order chi connectivity index (χ0) is 28.0. The van der Waals surface area contributed by atoms with E-state index < -0.39 is 23.7 Å². The summed E-state index contributed by atoms with van der Waals surface area (Å²) >= 11 is 0. The molecule has 0 aromatic heterocycles. The van der Waals surface area contributed by atoms with Gasteiger partial charge in [-0.3, -0.25) is 4.79 Å². The molecule has 0 saturated heterocycles. The van der Waals surface area contributed by atoms with E-state index in [9.17, 15) is 14.4 Å². The number of alkyl carbamates (subject to hydrolysis) is 1. The van der Waals surface area contributed by atoms with Gasteiger partial charge in [-0.1, -0.05) is 38.4 Å². The Morgan fingerprint density at radius 2 is 1.74 bits per heavy atom. The monoisotopic (exact) mass is 528 g/mol. The quantitative estimate of drug-likeness (QED) is 0.320. The fourth-order valence-corrected chi connectivity index (χ4v) is 8.40. The van der Waals surface area contributed by atoms with Gasteiger partial charge in [0.2, 0.25) is 0 Å². The summed E-state index contributed by atoms with van der Waals surface area (Å²) in [6.07, 6.45) is 10.1. The van der Waals surface area contributed by atoms with Crippen molar-refractivity contribution in [2.75, 3.05) is 0 Å². The van der Waals surface area contributed by atoms with Gasteiger partial charge in [-0.05, 0) is 120 Å². The van der Waals surface area contributed by atoms with Crippen LogP contribution in [0.25, 0.3) is 0 Å². The number of ether oxygens (including phenoxy) is 1. The van der Waals surface area contributed by atoms with E-state index >= 15 is 0 Å². The lowest BCUT2D eigenvalue weighted by Crippen LogP contribution is -2.51. The summed E-state index contributed by atoms with van der Waals surface area (Å²) < 4.78 is 5.31. The molecule has 0 aromatic rings. The maximum absolute atomic E-state index is 12.8. The van der Waals surface area contributed by atoms with Crippen molar-refractivity contribution in [1.82, 2.24) is 5.32 Å². The second-order valence-corrected chi connectivity index (χ2v) is 14.1. The van der Waals surface area contributed by atoms with Gasteiger partial charge in [0.15, 0.2) is 0 Å². The van der Waals surface area contributed by atoms with Gasteiger partial charge in [-0.15, -0.1) is 0 Å². The molecule has 0 heterocycles. The Morgan fingerprint density at radius 1 is 1.03 bits per heavy atom. The molecular weight excluding hydrogens is 480 g/mol. The predicted octanol–water partition coefficient (Wildman–Crippen LogP) is 6.60. The summed E-state index contributed by atoms with van der Waals surface area (Å²) in [7, 11) is 0. The highest BCUT2D eigenvalue weighted by Crippen LogP contribution is 2.66. The van der Waals surface area contributed by atoms with Crippen LogP contribution in [-0.4, -0.2) is 35.2 Å². The maximum atomic E-state index is 12.8. The van der Waals surface area contributed by atoms with Crippen molar-refractivity contribution in [2.45, 2.75) is 118 Å². The molecule has 7 heteroatoms. The number of nitrogens with zero attached hydrogens (tertiary/aromatic N) is 1. The Bertz CT molecular complexity index is 1020. The van der Waals surface area contributed by atoms with Gasteiger partial charge in [-0.25, -0.2) is 9.59 Å². The summed E-state index contributed by atoms with van der Waals surface area (Å²) in [6, 6.07) is -0.840. The van der Waals surface area contributed by atoms with Crippen molar-refractivity contribution in [2.24, 2.45) is 45.6 Å². The number of ketones is 1. The van der Waals surface area contributed by atoms with Gasteiger partial charge in [0.25, 0.3) is 0 Å². The van der Waals surface area contributed by atoms with E-state index in [2.05, 4.69) is 30.4 Å². The maximum Gasteiger partial charge on any atom is 0.408 e. The first-order chi connectivity index (χ1) is 17.7. The molecule has 1 amide bonds. The van der Waals surface area contributed by atoms with Crippen molar-refractivity contribution in [3.63, 3.8) is 0 Å². The molecule has 212 valence electrons. The zero-order valence-corrected chi connectivity index (χ0v) is 24.7. The van der Waals surface area contributed by atoms with Gasteiger partial charge < -0.3 is 14.9 Å². The second kappa shape index (κ2) is 10.4. The smallest absolute Gasteiger partial charge is 0.408 e. The van der Waals surface area contributed by atoms with Crippen molar-refractivity contribution < 1.29 is 24.0 Å². The molecule has 7 atom stereocenters. The molecule has 7 nitrogen and oxygen atoms in total. The summed E-state index contributed by atoms with van der Waals surface area (Å²) in [5.74, 6) is 1.83. The first-order valence-electron chi connectivity index (χ1n) is 14.6. The highest BCUT2D eigenvalue weighted by molar-refractivity contribution is 5.97. The molecule has 3 fully saturated rings. The Hall–Kier alpha value is -2.18. The molecule has 0 bridgehead atoms. The summed E-state index contributed by atoms with van der Waals surface area (Å²) in [5, 5.41) is 6.88. The Balaban J connectivity index is 1.44. The standard InChI is InChI=1S/C31H48N2O5/c1-18(2)26(32-28(36)37-29(4,5)6)27(35)38-33-21-13-15-30(7)20(17-21)9-10-22-24-12-11-23(19(3)34)31(24,8)16-14-25(22)30/h17-18,22-26H,9-16H2,1-8H3,(H,32,36)/b33-21+/t22-,23+,24-,25-,26?,30-,31+/m0/s1. The van der Waals surface area contributed by atoms with Crippen LogP contribution in [0, 0.1) is 40.4 Å². The lowest BCUT2D eigenvalue weighted by Gasteiger charge is -2.58. The number of fused-ring (bicyclic) bond motifs is 5. The topological polar surface area (TPSA) is 94.1 Å². The van der Waals surface area contributed by atoms with E-state index in [1.54, 1.807) is 27.7 Å². The first-order valence-corrected chi connectivity index (χ1v) is 14.6. The first kappa shape index (κ1) is 28.8. The van der Waals surface area contributed by atoms with Crippen molar-refractivity contribution in [3.05, 3.63) is 11.6 Å². The minimum absolute atomic E-state index is 0.139. The average molecular weight is 529 g/mol. The summed E-state index contributed by atoms with van der Waals surface area (Å²) in [4.78, 5) is 42.8. The SMILES string of the molecule is CC(=O)[C@H]1CC[C@H]2[C@@H]3CCC4=C/C(=N/OC(=O)C(NC(=O)OC(C)(C)C)C(C)C)CC[C@]4(C)[C@H]3CC[C@]12C. The van der Waals surface area contributed by atoms with Crippen LogP contribution in [0.5, 0.6) is 0 Å². The summed E-state index contributed by atoms with van der Waals surface area (Å²) in [6.45, 7) is 15.6. The van der Waals surface area contributed by atoms with E-state index in [1.165, 1.54) is 24.8 Å². The van der Waals surface area contributed by atoms with E-state index in [0.717, 1.165) is 37.8 Å². The normalized spacial score (nSPS) is 36.4. The fraction of sp³-hybridized carbons (Fsp3) is 0.806. The highest BCUT2D eigenvalue weighted by atomic mass is 16.7. The van der Waals surface area contributed by atoms with Gasteiger partial charge in [0, 0.05) is 5.92 Å².